The van der Waals surface area contributed by atoms with Crippen molar-refractivity contribution >= 4 is 17.2 Å². The molecule has 2 aromatic heterocycles. The van der Waals surface area contributed by atoms with E-state index < -0.39 is 0 Å². The fourth-order valence-corrected chi connectivity index (χ4v) is 1.83. The molecule has 0 aromatic carbocycles. The minimum absolute atomic E-state index is 0.252. The van der Waals surface area contributed by atoms with Crippen LogP contribution in [0.3, 0.4) is 0 Å². The van der Waals surface area contributed by atoms with Gasteiger partial charge in [-0.2, -0.15) is 0 Å². The van der Waals surface area contributed by atoms with Crippen LogP contribution in [0.1, 0.15) is 33.4 Å². The number of imidazole rings is 1. The molecule has 0 amide bonds. The third-order valence-corrected chi connectivity index (χ3v) is 3.58. The number of fused-ring (bicyclic) bond motifs is 1. The number of rotatable bonds is 3. The zero-order valence-electron chi connectivity index (χ0n) is 11.4. The smallest absolute Gasteiger partial charge is 0.137 e. The number of halogens is 1. The van der Waals surface area contributed by atoms with Crippen molar-refractivity contribution in [1.29, 1.82) is 0 Å². The van der Waals surface area contributed by atoms with Gasteiger partial charge in [0.25, 0.3) is 0 Å². The summed E-state index contributed by atoms with van der Waals surface area (Å²) in [5, 5.41) is 4.23. The fourth-order valence-electron chi connectivity index (χ4n) is 1.67. The monoisotopic (exact) mass is 265 g/mol. The molecule has 0 spiro atoms. The fraction of sp³-hybridized carbons (Fsp3) is 0.500. The molecule has 1 unspecified atom stereocenters. The van der Waals surface area contributed by atoms with Crippen LogP contribution in [0.2, 0.25) is 5.02 Å². The summed E-state index contributed by atoms with van der Waals surface area (Å²) in [5.74, 6) is 0. The summed E-state index contributed by atoms with van der Waals surface area (Å²) in [6.45, 7) is 9.67. The van der Waals surface area contributed by atoms with Gasteiger partial charge in [0, 0.05) is 25.0 Å². The molecule has 1 atom stereocenters. The minimum atomic E-state index is 0.252. The average Bonchev–Trinajstić information content (AvgIpc) is 2.66. The van der Waals surface area contributed by atoms with E-state index in [1.165, 1.54) is 0 Å². The molecule has 0 fully saturated rings. The predicted octanol–water partition coefficient (Wildman–Crippen LogP) is 3.51. The lowest BCUT2D eigenvalue weighted by atomic mass is 9.88. The zero-order chi connectivity index (χ0) is 13.3. The lowest BCUT2D eigenvalue weighted by Crippen LogP contribution is -2.37. The Morgan fingerprint density at radius 1 is 1.33 bits per heavy atom. The molecule has 0 radical (unpaired) electrons. The lowest BCUT2D eigenvalue weighted by Gasteiger charge is -2.27. The molecule has 0 bridgehead atoms. The molecule has 1 N–H and O–H groups in total. The maximum atomic E-state index is 5.95. The first-order chi connectivity index (χ1) is 8.36. The SMILES string of the molecule is CC(NCc1cn2cc(Cl)ccc2n1)C(C)(C)C. The van der Waals surface area contributed by atoms with E-state index in [1.807, 2.05) is 28.9 Å². The maximum Gasteiger partial charge on any atom is 0.137 e. The molecule has 0 saturated carbocycles. The molecule has 3 nitrogen and oxygen atoms in total. The van der Waals surface area contributed by atoms with Crippen LogP contribution in [0.15, 0.2) is 24.5 Å². The van der Waals surface area contributed by atoms with E-state index in [2.05, 4.69) is 38.0 Å². The number of nitrogens with one attached hydrogen (secondary N) is 1. The van der Waals surface area contributed by atoms with Crippen LogP contribution in [-0.4, -0.2) is 15.4 Å². The topological polar surface area (TPSA) is 29.3 Å². The largest absolute Gasteiger partial charge is 0.308 e. The third kappa shape index (κ3) is 3.03. The Kier molecular flexibility index (Phi) is 3.64. The van der Waals surface area contributed by atoms with Crippen molar-refractivity contribution in [3.8, 4) is 0 Å². The molecular weight excluding hydrogens is 246 g/mol. The third-order valence-electron chi connectivity index (χ3n) is 3.35. The van der Waals surface area contributed by atoms with E-state index in [4.69, 9.17) is 11.6 Å². The Morgan fingerprint density at radius 3 is 2.72 bits per heavy atom. The van der Waals surface area contributed by atoms with Crippen LogP contribution >= 0.6 is 11.6 Å². The standard InChI is InChI=1S/C14H20ClN3/c1-10(14(2,3)4)16-7-12-9-18-8-11(15)5-6-13(18)17-12/h5-6,8-10,16H,7H2,1-4H3. The normalized spacial score (nSPS) is 14.1. The Morgan fingerprint density at radius 2 is 2.06 bits per heavy atom. The van der Waals surface area contributed by atoms with Crippen LogP contribution in [-0.2, 0) is 6.54 Å². The van der Waals surface area contributed by atoms with Gasteiger partial charge in [0.15, 0.2) is 0 Å². The molecule has 0 aliphatic carbocycles. The van der Waals surface area contributed by atoms with Crippen LogP contribution in [0.25, 0.3) is 5.65 Å². The Hall–Kier alpha value is -1.06. The van der Waals surface area contributed by atoms with Crippen LogP contribution < -0.4 is 5.32 Å². The summed E-state index contributed by atoms with van der Waals surface area (Å²) in [5.41, 5.74) is 2.22. The Bertz CT molecular complexity index is 539. The van der Waals surface area contributed by atoms with Gasteiger partial charge < -0.3 is 9.72 Å². The maximum absolute atomic E-state index is 5.95. The summed E-state index contributed by atoms with van der Waals surface area (Å²) in [6.07, 6.45) is 3.89. The molecule has 98 valence electrons. The predicted molar refractivity (Wildman–Crippen MR) is 76.0 cm³/mol. The van der Waals surface area contributed by atoms with Crippen molar-refractivity contribution in [2.45, 2.75) is 40.3 Å². The van der Waals surface area contributed by atoms with Crippen LogP contribution in [0.5, 0.6) is 0 Å². The van der Waals surface area contributed by atoms with E-state index in [0.29, 0.717) is 6.04 Å². The Labute approximate surface area is 113 Å². The van der Waals surface area contributed by atoms with Gasteiger partial charge in [0.1, 0.15) is 5.65 Å². The molecule has 0 aliphatic rings. The first-order valence-corrected chi connectivity index (χ1v) is 6.60. The van der Waals surface area contributed by atoms with Gasteiger partial charge in [-0.05, 0) is 24.5 Å². The first-order valence-electron chi connectivity index (χ1n) is 6.23. The molecule has 2 rings (SSSR count). The second kappa shape index (κ2) is 4.90. The van der Waals surface area contributed by atoms with Gasteiger partial charge in [-0.1, -0.05) is 32.4 Å². The first kappa shape index (κ1) is 13.4. The van der Waals surface area contributed by atoms with E-state index in [9.17, 15) is 0 Å². The molecular formula is C14H20ClN3. The van der Waals surface area contributed by atoms with E-state index >= 15 is 0 Å². The van der Waals surface area contributed by atoms with Crippen molar-refractivity contribution < 1.29 is 0 Å². The number of hydrogen-bond donors (Lipinski definition) is 1. The number of aromatic nitrogens is 2. The van der Waals surface area contributed by atoms with Gasteiger partial charge in [-0.15, -0.1) is 0 Å². The summed E-state index contributed by atoms with van der Waals surface area (Å²) >= 11 is 5.95. The van der Waals surface area contributed by atoms with Crippen molar-refractivity contribution in [3.63, 3.8) is 0 Å². The van der Waals surface area contributed by atoms with Crippen LogP contribution in [0, 0.1) is 5.41 Å². The summed E-state index contributed by atoms with van der Waals surface area (Å²) in [6, 6.07) is 4.23. The molecule has 2 heterocycles. The summed E-state index contributed by atoms with van der Waals surface area (Å²) < 4.78 is 1.96. The van der Waals surface area contributed by atoms with Gasteiger partial charge in [0.2, 0.25) is 0 Å². The quantitative estimate of drug-likeness (QED) is 0.920. The van der Waals surface area contributed by atoms with Gasteiger partial charge in [-0.25, -0.2) is 4.98 Å². The summed E-state index contributed by atoms with van der Waals surface area (Å²) in [7, 11) is 0. The van der Waals surface area contributed by atoms with Crippen molar-refractivity contribution in [1.82, 2.24) is 14.7 Å². The van der Waals surface area contributed by atoms with Gasteiger partial charge >= 0.3 is 0 Å². The minimum Gasteiger partial charge on any atom is -0.308 e. The van der Waals surface area contributed by atoms with Gasteiger partial charge in [0.05, 0.1) is 10.7 Å². The molecule has 2 aromatic rings. The molecule has 4 heteroatoms. The number of hydrogen-bond acceptors (Lipinski definition) is 2. The average molecular weight is 266 g/mol. The molecule has 0 saturated heterocycles. The second-order valence-corrected chi connectivity index (χ2v) is 6.25. The zero-order valence-corrected chi connectivity index (χ0v) is 12.1. The number of nitrogens with zero attached hydrogens (tertiary/aromatic N) is 2. The highest BCUT2D eigenvalue weighted by Gasteiger charge is 2.19. The highest BCUT2D eigenvalue weighted by Crippen LogP contribution is 2.19. The van der Waals surface area contributed by atoms with Crippen molar-refractivity contribution in [2.75, 3.05) is 0 Å². The lowest BCUT2D eigenvalue weighted by molar-refractivity contribution is 0.284. The van der Waals surface area contributed by atoms with E-state index in [1.54, 1.807) is 0 Å². The van der Waals surface area contributed by atoms with Crippen molar-refractivity contribution in [2.24, 2.45) is 5.41 Å². The highest BCUT2D eigenvalue weighted by molar-refractivity contribution is 6.30. The molecule has 18 heavy (non-hydrogen) atoms. The number of pyridine rings is 1. The second-order valence-electron chi connectivity index (χ2n) is 5.81. The highest BCUT2D eigenvalue weighted by atomic mass is 35.5. The van der Waals surface area contributed by atoms with E-state index in [0.717, 1.165) is 22.9 Å². The van der Waals surface area contributed by atoms with Gasteiger partial charge in [-0.3, -0.25) is 0 Å². The Balaban J connectivity index is 2.09. The van der Waals surface area contributed by atoms with Crippen molar-refractivity contribution in [3.05, 3.63) is 35.2 Å². The molecule has 0 aliphatic heterocycles. The summed E-state index contributed by atoms with van der Waals surface area (Å²) in [4.78, 5) is 4.55. The van der Waals surface area contributed by atoms with Crippen LogP contribution in [0.4, 0.5) is 0 Å². The van der Waals surface area contributed by atoms with E-state index in [-0.39, 0.29) is 5.41 Å².